The first-order valence-corrected chi connectivity index (χ1v) is 13.9. The number of nitrogens with one attached hydrogen (secondary N) is 1. The molecule has 0 fully saturated rings. The molecular formula is C34H25FN2O3S. The number of rotatable bonds is 7. The normalized spacial score (nSPS) is 12.0. The summed E-state index contributed by atoms with van der Waals surface area (Å²) in [6.45, 7) is 2.33. The summed E-state index contributed by atoms with van der Waals surface area (Å²) in [6.07, 6.45) is 0. The monoisotopic (exact) mass is 560 g/mol. The van der Waals surface area contributed by atoms with Crippen LogP contribution >= 0.6 is 11.5 Å². The molecule has 1 heterocycles. The Kier molecular flexibility index (Phi) is 7.03. The number of nitrogens with zero attached hydrogens (tertiary/aromatic N) is 1. The number of aromatic nitrogens is 1. The molecule has 0 aliphatic carbocycles. The number of fused-ring (bicyclic) bond motifs is 2. The molecule has 6 aromatic rings. The zero-order valence-electron chi connectivity index (χ0n) is 22.1. The molecule has 41 heavy (non-hydrogen) atoms. The highest BCUT2D eigenvalue weighted by Crippen LogP contribution is 2.38. The van der Waals surface area contributed by atoms with E-state index in [1.54, 1.807) is 24.3 Å². The molecule has 0 aliphatic heterocycles. The van der Waals surface area contributed by atoms with E-state index in [1.807, 2.05) is 24.3 Å². The van der Waals surface area contributed by atoms with E-state index >= 15 is 0 Å². The standard InChI is InChI=1S/C34H25FN2O3S/c1-20(25-11-10-22-4-2-3-5-26(22)16-25)32-31-29(33(38)36-19-21-6-8-24(9-7-21)34(39)40)17-27(18-30(31)41-37-32)23-12-14-28(35)15-13-23/h2-18,20H,19H2,1H3,(H,36,38)(H,39,40)/t20-/m0/s1. The zero-order valence-corrected chi connectivity index (χ0v) is 22.9. The van der Waals surface area contributed by atoms with Crippen LogP contribution in [-0.2, 0) is 6.54 Å². The van der Waals surface area contributed by atoms with Crippen molar-refractivity contribution in [2.24, 2.45) is 0 Å². The third-order valence-corrected chi connectivity index (χ3v) is 8.17. The van der Waals surface area contributed by atoms with Gasteiger partial charge in [-0.25, -0.2) is 9.18 Å². The molecule has 0 radical (unpaired) electrons. The molecule has 5 nitrogen and oxygen atoms in total. The molecule has 0 aliphatic rings. The SMILES string of the molecule is C[C@@H](c1ccc2ccccc2c1)c1nsc2cc(-c3ccc(F)cc3)cc(C(=O)NCc3ccc(C(=O)O)cc3)c12. The highest BCUT2D eigenvalue weighted by atomic mass is 32.1. The Labute approximate surface area is 240 Å². The van der Waals surface area contributed by atoms with Crippen LogP contribution in [0, 0.1) is 5.82 Å². The topological polar surface area (TPSA) is 79.3 Å². The van der Waals surface area contributed by atoms with Crippen molar-refractivity contribution in [1.82, 2.24) is 9.69 Å². The van der Waals surface area contributed by atoms with Gasteiger partial charge in [-0.1, -0.05) is 73.7 Å². The molecule has 5 aromatic carbocycles. The van der Waals surface area contributed by atoms with Crippen LogP contribution in [0.5, 0.6) is 0 Å². The Morgan fingerprint density at radius 3 is 2.34 bits per heavy atom. The summed E-state index contributed by atoms with van der Waals surface area (Å²) >= 11 is 1.34. The van der Waals surface area contributed by atoms with Crippen LogP contribution in [0.2, 0.25) is 0 Å². The van der Waals surface area contributed by atoms with Gasteiger partial charge in [0.05, 0.1) is 21.5 Å². The maximum Gasteiger partial charge on any atom is 0.335 e. The number of amides is 1. The van der Waals surface area contributed by atoms with Crippen LogP contribution in [0.4, 0.5) is 4.39 Å². The maximum absolute atomic E-state index is 13.7. The van der Waals surface area contributed by atoms with Crippen molar-refractivity contribution >= 4 is 44.3 Å². The predicted molar refractivity (Wildman–Crippen MR) is 161 cm³/mol. The number of hydrogen-bond acceptors (Lipinski definition) is 4. The molecule has 1 aromatic heterocycles. The minimum atomic E-state index is -1.00. The molecule has 202 valence electrons. The van der Waals surface area contributed by atoms with Gasteiger partial charge in [0.25, 0.3) is 5.91 Å². The zero-order chi connectivity index (χ0) is 28.5. The van der Waals surface area contributed by atoms with E-state index in [0.717, 1.165) is 48.8 Å². The van der Waals surface area contributed by atoms with Gasteiger partial charge in [0.1, 0.15) is 5.82 Å². The lowest BCUT2D eigenvalue weighted by molar-refractivity contribution is 0.0696. The van der Waals surface area contributed by atoms with Crippen LogP contribution in [0.3, 0.4) is 0 Å². The third kappa shape index (κ3) is 5.32. The Bertz CT molecular complexity index is 1910. The Balaban J connectivity index is 1.40. The number of carbonyl (C=O) groups excluding carboxylic acids is 1. The van der Waals surface area contributed by atoms with Gasteiger partial charge in [0.15, 0.2) is 0 Å². The number of benzene rings is 5. The molecule has 6 rings (SSSR count). The van der Waals surface area contributed by atoms with Crippen LogP contribution < -0.4 is 5.32 Å². The molecule has 1 amide bonds. The molecule has 0 saturated carbocycles. The minimum absolute atomic E-state index is 0.0693. The highest BCUT2D eigenvalue weighted by molar-refractivity contribution is 7.13. The Morgan fingerprint density at radius 1 is 0.878 bits per heavy atom. The molecular weight excluding hydrogens is 535 g/mol. The third-order valence-electron chi connectivity index (χ3n) is 7.36. The van der Waals surface area contributed by atoms with Gasteiger partial charge >= 0.3 is 5.97 Å². The second-order valence-electron chi connectivity index (χ2n) is 9.98. The number of aromatic carboxylic acids is 1. The molecule has 0 bridgehead atoms. The van der Waals surface area contributed by atoms with Gasteiger partial charge in [-0.05, 0) is 81.0 Å². The summed E-state index contributed by atoms with van der Waals surface area (Å²) in [5, 5.41) is 15.3. The number of halogens is 1. The lowest BCUT2D eigenvalue weighted by Crippen LogP contribution is -2.23. The van der Waals surface area contributed by atoms with E-state index in [2.05, 4.69) is 42.6 Å². The van der Waals surface area contributed by atoms with Crippen molar-refractivity contribution in [3.63, 3.8) is 0 Å². The van der Waals surface area contributed by atoms with Crippen LogP contribution in [0.25, 0.3) is 32.0 Å². The van der Waals surface area contributed by atoms with Gasteiger partial charge in [0.2, 0.25) is 0 Å². The van der Waals surface area contributed by atoms with Crippen LogP contribution in [0.1, 0.15) is 50.4 Å². The Hall–Kier alpha value is -4.88. The smallest absolute Gasteiger partial charge is 0.335 e. The molecule has 2 N–H and O–H groups in total. The molecule has 7 heteroatoms. The first kappa shape index (κ1) is 26.3. The van der Waals surface area contributed by atoms with E-state index in [9.17, 15) is 14.0 Å². The van der Waals surface area contributed by atoms with E-state index in [0.29, 0.717) is 5.56 Å². The fraction of sp³-hybridized carbons (Fsp3) is 0.0882. The maximum atomic E-state index is 13.7. The molecule has 0 saturated heterocycles. The molecule has 0 spiro atoms. The van der Waals surface area contributed by atoms with Gasteiger partial charge in [-0.3, -0.25) is 4.79 Å². The Morgan fingerprint density at radius 2 is 1.61 bits per heavy atom. The van der Waals surface area contributed by atoms with Crippen molar-refractivity contribution < 1.29 is 19.1 Å². The first-order chi connectivity index (χ1) is 19.9. The van der Waals surface area contributed by atoms with Gasteiger partial charge < -0.3 is 10.4 Å². The van der Waals surface area contributed by atoms with Crippen molar-refractivity contribution in [2.75, 3.05) is 0 Å². The number of hydrogen-bond donors (Lipinski definition) is 2. The summed E-state index contributed by atoms with van der Waals surface area (Å²) in [7, 11) is 0. The average molecular weight is 561 g/mol. The molecule has 1 atom stereocenters. The highest BCUT2D eigenvalue weighted by Gasteiger charge is 2.23. The second-order valence-corrected chi connectivity index (χ2v) is 10.8. The average Bonchev–Trinajstić information content (AvgIpc) is 3.43. The van der Waals surface area contributed by atoms with Crippen LogP contribution in [-0.4, -0.2) is 21.4 Å². The van der Waals surface area contributed by atoms with E-state index in [1.165, 1.54) is 35.8 Å². The largest absolute Gasteiger partial charge is 0.478 e. The van der Waals surface area contributed by atoms with Crippen LogP contribution in [0.15, 0.2) is 103 Å². The fourth-order valence-corrected chi connectivity index (χ4v) is 5.99. The van der Waals surface area contributed by atoms with E-state index in [-0.39, 0.29) is 29.8 Å². The summed E-state index contributed by atoms with van der Waals surface area (Å²) in [6, 6.07) is 31.0. The lowest BCUT2D eigenvalue weighted by Gasteiger charge is -2.14. The van der Waals surface area contributed by atoms with Gasteiger partial charge in [-0.15, -0.1) is 0 Å². The molecule has 0 unspecified atom stereocenters. The van der Waals surface area contributed by atoms with Crippen molar-refractivity contribution in [3.05, 3.63) is 137 Å². The van der Waals surface area contributed by atoms with Crippen molar-refractivity contribution in [3.8, 4) is 11.1 Å². The number of carboxylic acids is 1. The fourth-order valence-electron chi connectivity index (χ4n) is 5.06. The van der Waals surface area contributed by atoms with Gasteiger partial charge in [-0.2, -0.15) is 4.37 Å². The summed E-state index contributed by atoms with van der Waals surface area (Å²) in [5.74, 6) is -1.67. The first-order valence-electron chi connectivity index (χ1n) is 13.2. The minimum Gasteiger partial charge on any atom is -0.478 e. The predicted octanol–water partition coefficient (Wildman–Crippen LogP) is 8.04. The van der Waals surface area contributed by atoms with Gasteiger partial charge in [0, 0.05) is 17.8 Å². The van der Waals surface area contributed by atoms with Crippen molar-refractivity contribution in [1.29, 1.82) is 0 Å². The summed E-state index contributed by atoms with van der Waals surface area (Å²) in [5.41, 5.74) is 4.96. The number of carboxylic acid groups (broad SMARTS) is 1. The summed E-state index contributed by atoms with van der Waals surface area (Å²) in [4.78, 5) is 24.9. The summed E-state index contributed by atoms with van der Waals surface area (Å²) < 4.78 is 19.3. The second kappa shape index (κ2) is 10.9. The van der Waals surface area contributed by atoms with E-state index in [4.69, 9.17) is 9.48 Å². The van der Waals surface area contributed by atoms with E-state index < -0.39 is 5.97 Å². The lowest BCUT2D eigenvalue weighted by atomic mass is 9.91. The quantitative estimate of drug-likeness (QED) is 0.207. The number of carbonyl (C=O) groups is 2. The van der Waals surface area contributed by atoms with Crippen molar-refractivity contribution in [2.45, 2.75) is 19.4 Å².